The second kappa shape index (κ2) is 25.0. The van der Waals surface area contributed by atoms with Crippen LogP contribution in [0.25, 0.3) is 11.3 Å². The van der Waals surface area contributed by atoms with E-state index in [0.29, 0.717) is 38.5 Å². The molecule has 1 aromatic heterocycles. The van der Waals surface area contributed by atoms with Crippen molar-refractivity contribution in [2.75, 3.05) is 52.7 Å². The van der Waals surface area contributed by atoms with Crippen LogP contribution in [-0.4, -0.2) is 95.5 Å². The van der Waals surface area contributed by atoms with Gasteiger partial charge in [0.25, 0.3) is 5.91 Å². The summed E-state index contributed by atoms with van der Waals surface area (Å²) in [6.45, 7) is 20.3. The van der Waals surface area contributed by atoms with Crippen molar-refractivity contribution in [2.24, 2.45) is 5.41 Å². The fourth-order valence-electron chi connectivity index (χ4n) is 2.48. The van der Waals surface area contributed by atoms with Crippen LogP contribution in [-0.2, 0) is 90.0 Å². The SMILES string of the molecule is CC(C)(C)n1cc(-c2cccc(C(=O)NCCOCCO)c2)nn1.[CH2-]C(=O)C(C)(C)C.[CH2-]C(=O)NCCOCCO.[Y].[Y]. The largest absolute Gasteiger partial charge is 0.394 e. The van der Waals surface area contributed by atoms with Crippen molar-refractivity contribution in [3.63, 3.8) is 0 Å². The maximum Gasteiger partial charge on any atom is 0.251 e. The van der Waals surface area contributed by atoms with Gasteiger partial charge in [-0.15, -0.1) is 5.10 Å². The molecule has 2 aromatic rings. The van der Waals surface area contributed by atoms with Crippen molar-refractivity contribution < 1.29 is 99.5 Å². The maximum atomic E-state index is 12.2. The molecule has 2 rings (SSSR count). The van der Waals surface area contributed by atoms with E-state index in [4.69, 9.17) is 19.7 Å². The monoisotopic (exact) mass is 755 g/mol. The van der Waals surface area contributed by atoms with Crippen LogP contribution in [0.2, 0.25) is 0 Å². The Morgan fingerprint density at radius 3 is 1.81 bits per heavy atom. The number of carbonyl (C=O) groups is 3. The molecule has 14 heteroatoms. The first-order chi connectivity index (χ1) is 19.1. The minimum absolute atomic E-state index is 0. The number of ketones is 1. The zero-order valence-corrected chi connectivity index (χ0v) is 32.1. The fraction of sp³-hybridized carbons (Fsp3) is 0.552. The van der Waals surface area contributed by atoms with Crippen LogP contribution < -0.4 is 10.6 Å². The molecule has 2 amide bonds. The molecule has 1 heterocycles. The fourth-order valence-corrected chi connectivity index (χ4v) is 2.48. The number of aliphatic hydroxyl groups excluding tert-OH is 2. The average molecular weight is 756 g/mol. The van der Waals surface area contributed by atoms with E-state index < -0.39 is 0 Å². The van der Waals surface area contributed by atoms with Gasteiger partial charge in [0.2, 0.25) is 0 Å². The molecule has 43 heavy (non-hydrogen) atoms. The molecule has 1 aromatic carbocycles. The molecule has 0 fully saturated rings. The Morgan fingerprint density at radius 2 is 1.40 bits per heavy atom. The summed E-state index contributed by atoms with van der Waals surface area (Å²) in [6, 6.07) is 7.27. The molecule has 2 radical (unpaired) electrons. The van der Waals surface area contributed by atoms with Crippen molar-refractivity contribution >= 4 is 17.6 Å². The summed E-state index contributed by atoms with van der Waals surface area (Å²) >= 11 is 0. The molecule has 0 spiro atoms. The Morgan fingerprint density at radius 1 is 0.884 bits per heavy atom. The Labute approximate surface area is 306 Å². The first-order valence-electron chi connectivity index (χ1n) is 13.3. The number of ether oxygens (including phenoxy) is 2. The number of amides is 2. The number of nitrogens with one attached hydrogen (secondary N) is 2. The molecule has 0 aliphatic rings. The van der Waals surface area contributed by atoms with Crippen LogP contribution in [0.15, 0.2) is 30.5 Å². The third kappa shape index (κ3) is 22.9. The molecule has 4 N–H and O–H groups in total. The van der Waals surface area contributed by atoms with Crippen molar-refractivity contribution in [3.05, 3.63) is 49.9 Å². The number of hydrogen-bond acceptors (Lipinski definition) is 9. The number of rotatable bonds is 12. The Bertz CT molecular complexity index is 1050. The molecule has 0 saturated carbocycles. The van der Waals surface area contributed by atoms with Crippen LogP contribution >= 0.6 is 0 Å². The van der Waals surface area contributed by atoms with Gasteiger partial charge in [-0.2, -0.15) is 0 Å². The van der Waals surface area contributed by atoms with E-state index in [9.17, 15) is 14.4 Å². The Balaban J connectivity index is -0.000000702. The average Bonchev–Trinajstić information content (AvgIpc) is 3.40. The molecule has 0 saturated heterocycles. The van der Waals surface area contributed by atoms with Gasteiger partial charge in [-0.3, -0.25) is 4.79 Å². The first-order valence-corrected chi connectivity index (χ1v) is 13.3. The van der Waals surface area contributed by atoms with Crippen molar-refractivity contribution in [1.82, 2.24) is 25.6 Å². The smallest absolute Gasteiger partial charge is 0.251 e. The number of Topliss-reactive ketones (excluding diaryl/α,β-unsaturated/α-hetero) is 1. The van der Waals surface area contributed by atoms with Gasteiger partial charge in [-0.25, -0.2) is 4.68 Å². The zero-order chi connectivity index (χ0) is 31.5. The number of aromatic nitrogens is 3. The Hall–Kier alpha value is -1.24. The van der Waals surface area contributed by atoms with Gasteiger partial charge < -0.3 is 53.8 Å². The van der Waals surface area contributed by atoms with E-state index in [-0.39, 0.29) is 114 Å². The minimum atomic E-state index is -0.312. The van der Waals surface area contributed by atoms with E-state index in [1.54, 1.807) is 16.8 Å². The number of aliphatic hydroxyl groups is 2. The van der Waals surface area contributed by atoms with E-state index in [2.05, 4.69) is 34.8 Å². The van der Waals surface area contributed by atoms with Crippen LogP contribution in [0.4, 0.5) is 0 Å². The predicted octanol–water partition coefficient (Wildman–Crippen LogP) is 1.82. The standard InChI is InChI=1S/C17H24N4O3.C6H12NO3.C6H11O.2Y/c1-17(2,3)21-12-15(19-20-21)13-5-4-6-14(11-13)16(23)18-7-9-24-10-8-22;1-6(9)7-2-4-10-5-3-8;1-5(7)6(2,3)4;;/h4-6,11-12,22H,7-10H2,1-3H3,(H,18,23);8H,1-5H2,(H,7,9);1H2,2-4H3;;/q;2*-1;;. The van der Waals surface area contributed by atoms with Crippen LogP contribution in [0.1, 0.15) is 51.9 Å². The van der Waals surface area contributed by atoms with Gasteiger partial charge in [0, 0.05) is 95.4 Å². The normalized spacial score (nSPS) is 10.4. The van der Waals surface area contributed by atoms with Crippen LogP contribution in [0, 0.1) is 19.3 Å². The summed E-state index contributed by atoms with van der Waals surface area (Å²) in [7, 11) is 0. The predicted molar refractivity (Wildman–Crippen MR) is 157 cm³/mol. The van der Waals surface area contributed by atoms with Gasteiger partial charge >= 0.3 is 0 Å². The third-order valence-electron chi connectivity index (χ3n) is 5.01. The first kappa shape index (κ1) is 46.2. The molecule has 0 atom stereocenters. The van der Waals surface area contributed by atoms with Crippen molar-refractivity contribution in [1.29, 1.82) is 0 Å². The van der Waals surface area contributed by atoms with Crippen LogP contribution in [0.5, 0.6) is 0 Å². The number of carbonyl (C=O) groups excluding carboxylic acids is 3. The van der Waals surface area contributed by atoms with Gasteiger partial charge in [0.1, 0.15) is 5.69 Å². The molecular formula is C29H47N5O7Y2-2. The number of benzene rings is 1. The van der Waals surface area contributed by atoms with Gasteiger partial charge in [-0.05, 0) is 38.3 Å². The summed E-state index contributed by atoms with van der Waals surface area (Å²) in [5.41, 5.74) is 1.73. The third-order valence-corrected chi connectivity index (χ3v) is 5.01. The number of nitrogens with zero attached hydrogens (tertiary/aromatic N) is 3. The zero-order valence-electron chi connectivity index (χ0n) is 26.4. The Kier molecular flexibility index (Phi) is 26.9. The quantitative estimate of drug-likeness (QED) is 0.187. The van der Waals surface area contributed by atoms with Crippen molar-refractivity contribution in [2.45, 2.75) is 47.1 Å². The van der Waals surface area contributed by atoms with E-state index in [1.165, 1.54) is 0 Å². The second-order valence-corrected chi connectivity index (χ2v) is 10.8. The van der Waals surface area contributed by atoms with Gasteiger partial charge in [0.15, 0.2) is 0 Å². The number of hydrogen-bond donors (Lipinski definition) is 4. The second-order valence-electron chi connectivity index (χ2n) is 10.8. The summed E-state index contributed by atoms with van der Waals surface area (Å²) in [4.78, 5) is 32.7. The molecule has 0 aliphatic heterocycles. The van der Waals surface area contributed by atoms with Gasteiger partial charge in [0.05, 0.1) is 57.3 Å². The maximum absolute atomic E-state index is 12.2. The topological polar surface area (TPSA) is 165 Å². The summed E-state index contributed by atoms with van der Waals surface area (Å²) < 4.78 is 11.8. The van der Waals surface area contributed by atoms with E-state index in [1.807, 2.05) is 59.9 Å². The summed E-state index contributed by atoms with van der Waals surface area (Å²) in [5.74, 6) is -0.493. The van der Waals surface area contributed by atoms with E-state index >= 15 is 0 Å². The molecule has 12 nitrogen and oxygen atoms in total. The van der Waals surface area contributed by atoms with Gasteiger partial charge in [-0.1, -0.05) is 38.1 Å². The summed E-state index contributed by atoms with van der Waals surface area (Å²) in [5, 5.41) is 30.4. The van der Waals surface area contributed by atoms with E-state index in [0.717, 1.165) is 11.3 Å². The molecule has 0 unspecified atom stereocenters. The molecule has 0 aliphatic carbocycles. The molecular weight excluding hydrogens is 708 g/mol. The minimum Gasteiger partial charge on any atom is -0.394 e. The summed E-state index contributed by atoms with van der Waals surface area (Å²) in [6.07, 6.45) is 1.87. The molecule has 0 bridgehead atoms. The molecule has 238 valence electrons. The van der Waals surface area contributed by atoms with Crippen molar-refractivity contribution in [3.8, 4) is 11.3 Å². The van der Waals surface area contributed by atoms with Crippen LogP contribution in [0.3, 0.4) is 0 Å².